The minimum atomic E-state index is 0.109. The first-order valence-electron chi connectivity index (χ1n) is 6.35. The summed E-state index contributed by atoms with van der Waals surface area (Å²) in [6.07, 6.45) is 1.25. The van der Waals surface area contributed by atoms with Crippen molar-refractivity contribution in [3.8, 4) is 11.1 Å². The van der Waals surface area contributed by atoms with Gasteiger partial charge in [-0.15, -0.1) is 0 Å². The monoisotopic (exact) mass is 267 g/mol. The number of rotatable bonds is 2. The lowest BCUT2D eigenvalue weighted by Crippen LogP contribution is -2.10. The number of hydrogen-bond acceptors (Lipinski definition) is 2. The van der Waals surface area contributed by atoms with Crippen molar-refractivity contribution in [2.75, 3.05) is 0 Å². The largest absolute Gasteiger partial charge is 0.405 e. The lowest BCUT2D eigenvalue weighted by molar-refractivity contribution is 1.37. The third-order valence-corrected chi connectivity index (χ3v) is 2.97. The normalized spacial score (nSPS) is 9.30. The van der Waals surface area contributed by atoms with E-state index in [4.69, 9.17) is 11.1 Å². The number of nitrogen functional groups attached to an aromatic ring is 1. The Morgan fingerprint density at radius 1 is 1.05 bits per heavy atom. The second kappa shape index (κ2) is 7.14. The van der Waals surface area contributed by atoms with Crippen molar-refractivity contribution in [1.29, 1.82) is 5.41 Å². The zero-order chi connectivity index (χ0) is 15.1. The fourth-order valence-electron chi connectivity index (χ4n) is 2.09. The van der Waals surface area contributed by atoms with Gasteiger partial charge in [0.05, 0.1) is 0 Å². The van der Waals surface area contributed by atoms with Crippen LogP contribution in [0.4, 0.5) is 0 Å². The molecule has 0 bridgehead atoms. The highest BCUT2D eigenvalue weighted by Gasteiger charge is 2.05. The Morgan fingerprint density at radius 3 is 1.90 bits per heavy atom. The molecular weight excluding hydrogens is 246 g/mol. The lowest BCUT2D eigenvalue weighted by Gasteiger charge is -2.10. The van der Waals surface area contributed by atoms with E-state index in [0.717, 1.165) is 5.56 Å². The number of benzene rings is 2. The van der Waals surface area contributed by atoms with Crippen LogP contribution in [0.3, 0.4) is 0 Å². The first kappa shape index (κ1) is 15.5. The van der Waals surface area contributed by atoms with Crippen molar-refractivity contribution >= 4 is 5.84 Å². The first-order valence-corrected chi connectivity index (χ1v) is 6.35. The molecule has 3 nitrogen and oxygen atoms in total. The van der Waals surface area contributed by atoms with Crippen LogP contribution in [0.1, 0.15) is 16.7 Å². The van der Waals surface area contributed by atoms with Gasteiger partial charge in [0.2, 0.25) is 0 Å². The molecule has 2 aromatic carbocycles. The summed E-state index contributed by atoms with van der Waals surface area (Å²) < 4.78 is 0. The number of nitrogens with two attached hydrogens (primary N) is 2. The summed E-state index contributed by atoms with van der Waals surface area (Å²) >= 11 is 0. The molecule has 104 valence electrons. The molecule has 0 fully saturated rings. The van der Waals surface area contributed by atoms with E-state index in [1.807, 2.05) is 24.3 Å². The summed E-state index contributed by atoms with van der Waals surface area (Å²) in [4.78, 5) is 0. The number of hydrogen-bond donors (Lipinski definition) is 3. The Morgan fingerprint density at radius 2 is 1.50 bits per heavy atom. The number of aryl methyl sites for hydroxylation is 2. The highest BCUT2D eigenvalue weighted by atomic mass is 14.7. The summed E-state index contributed by atoms with van der Waals surface area (Å²) in [5.41, 5.74) is 15.8. The Balaban J connectivity index is 0.000000612. The quantitative estimate of drug-likeness (QED) is 0.576. The third-order valence-electron chi connectivity index (χ3n) is 2.97. The van der Waals surface area contributed by atoms with Gasteiger partial charge in [0.25, 0.3) is 0 Å². The predicted octanol–water partition coefficient (Wildman–Crippen LogP) is 3.34. The van der Waals surface area contributed by atoms with Crippen molar-refractivity contribution in [3.63, 3.8) is 0 Å². The van der Waals surface area contributed by atoms with E-state index in [2.05, 4.69) is 44.4 Å². The van der Waals surface area contributed by atoms with Gasteiger partial charge >= 0.3 is 0 Å². The molecule has 0 aromatic heterocycles. The van der Waals surface area contributed by atoms with E-state index in [-0.39, 0.29) is 5.84 Å². The zero-order valence-corrected chi connectivity index (χ0v) is 12.0. The molecule has 0 amide bonds. The van der Waals surface area contributed by atoms with Crippen LogP contribution in [-0.2, 0) is 0 Å². The second-order valence-corrected chi connectivity index (χ2v) is 4.49. The summed E-state index contributed by atoms with van der Waals surface area (Å²) in [5, 5.41) is 7.37. The molecule has 3 heteroatoms. The van der Waals surface area contributed by atoms with Crippen molar-refractivity contribution in [2.24, 2.45) is 11.5 Å². The Bertz CT molecular complexity index is 578. The topological polar surface area (TPSA) is 75.9 Å². The molecule has 0 heterocycles. The van der Waals surface area contributed by atoms with E-state index >= 15 is 0 Å². The zero-order valence-electron chi connectivity index (χ0n) is 12.0. The smallest absolute Gasteiger partial charge is 0.122 e. The molecule has 0 aliphatic rings. The summed E-state index contributed by atoms with van der Waals surface area (Å²) in [7, 11) is 0. The maximum Gasteiger partial charge on any atom is 0.122 e. The Kier molecular flexibility index (Phi) is 5.54. The van der Waals surface area contributed by atoms with Crippen LogP contribution in [0.15, 0.2) is 55.2 Å². The van der Waals surface area contributed by atoms with Gasteiger partial charge in [-0.1, -0.05) is 49.0 Å². The molecular formula is C17H21N3. The standard InChI is InChI=1S/C15H16N2.C2H5N/c1-10-4-3-5-11(2)14(10)12-6-8-13(9-7-12)15(16)17;1-2-3/h3-9H,1-2H3,(H3,16,17);2H,1,3H2. The highest BCUT2D eigenvalue weighted by molar-refractivity contribution is 5.95. The van der Waals surface area contributed by atoms with Crippen LogP contribution < -0.4 is 11.5 Å². The van der Waals surface area contributed by atoms with E-state index in [0.29, 0.717) is 0 Å². The molecule has 0 unspecified atom stereocenters. The van der Waals surface area contributed by atoms with E-state index in [9.17, 15) is 0 Å². The SMILES string of the molecule is C=CN.Cc1cccc(C)c1-c1ccc(C(=N)N)cc1. The molecule has 0 aliphatic carbocycles. The second-order valence-electron chi connectivity index (χ2n) is 4.49. The van der Waals surface area contributed by atoms with Gasteiger partial charge in [-0.25, -0.2) is 0 Å². The van der Waals surface area contributed by atoms with Gasteiger partial charge in [-0.05, 0) is 42.3 Å². The van der Waals surface area contributed by atoms with Crippen molar-refractivity contribution in [3.05, 3.63) is 71.9 Å². The third kappa shape index (κ3) is 3.72. The molecule has 2 rings (SSSR count). The molecule has 2 aromatic rings. The van der Waals surface area contributed by atoms with Crippen LogP contribution >= 0.6 is 0 Å². The maximum absolute atomic E-state index is 7.37. The van der Waals surface area contributed by atoms with Crippen LogP contribution in [-0.4, -0.2) is 5.84 Å². The summed E-state index contributed by atoms with van der Waals surface area (Å²) in [6, 6.07) is 14.1. The molecule has 0 spiro atoms. The van der Waals surface area contributed by atoms with Crippen LogP contribution in [0.25, 0.3) is 11.1 Å². The minimum Gasteiger partial charge on any atom is -0.405 e. The van der Waals surface area contributed by atoms with E-state index in [1.54, 1.807) is 0 Å². The predicted molar refractivity (Wildman–Crippen MR) is 86.8 cm³/mol. The van der Waals surface area contributed by atoms with Gasteiger partial charge in [0, 0.05) is 5.56 Å². The molecule has 0 atom stereocenters. The number of amidine groups is 1. The van der Waals surface area contributed by atoms with Crippen molar-refractivity contribution in [1.82, 2.24) is 0 Å². The van der Waals surface area contributed by atoms with Gasteiger partial charge in [0.15, 0.2) is 0 Å². The molecule has 5 N–H and O–H groups in total. The summed E-state index contributed by atoms with van der Waals surface area (Å²) in [5.74, 6) is 0.109. The van der Waals surface area contributed by atoms with Crippen LogP contribution in [0, 0.1) is 19.3 Å². The van der Waals surface area contributed by atoms with Crippen LogP contribution in [0.5, 0.6) is 0 Å². The minimum absolute atomic E-state index is 0.109. The first-order chi connectivity index (χ1) is 9.51. The fraction of sp³-hybridized carbons (Fsp3) is 0.118. The molecule has 0 aliphatic heterocycles. The van der Waals surface area contributed by atoms with Gasteiger partial charge in [-0.3, -0.25) is 5.41 Å². The van der Waals surface area contributed by atoms with Gasteiger partial charge < -0.3 is 11.5 Å². The van der Waals surface area contributed by atoms with E-state index < -0.39 is 0 Å². The van der Waals surface area contributed by atoms with Crippen LogP contribution in [0.2, 0.25) is 0 Å². The lowest BCUT2D eigenvalue weighted by atomic mass is 9.95. The fourth-order valence-corrected chi connectivity index (χ4v) is 2.09. The number of nitrogens with one attached hydrogen (secondary N) is 1. The van der Waals surface area contributed by atoms with Crippen molar-refractivity contribution in [2.45, 2.75) is 13.8 Å². The summed E-state index contributed by atoms with van der Waals surface area (Å²) in [6.45, 7) is 7.36. The van der Waals surface area contributed by atoms with E-state index in [1.165, 1.54) is 28.5 Å². The average Bonchev–Trinajstić information content (AvgIpc) is 2.40. The average molecular weight is 267 g/mol. The molecule has 0 saturated heterocycles. The Labute approximate surface area is 120 Å². The maximum atomic E-state index is 7.37. The van der Waals surface area contributed by atoms with Gasteiger partial charge in [0.1, 0.15) is 5.84 Å². The van der Waals surface area contributed by atoms with Gasteiger partial charge in [-0.2, -0.15) is 0 Å². The highest BCUT2D eigenvalue weighted by Crippen LogP contribution is 2.27. The molecule has 20 heavy (non-hydrogen) atoms. The molecule has 0 saturated carbocycles. The molecule has 0 radical (unpaired) electrons. The Hall–Kier alpha value is -2.55. The van der Waals surface area contributed by atoms with Crippen molar-refractivity contribution < 1.29 is 0 Å².